The van der Waals surface area contributed by atoms with Gasteiger partial charge in [0.2, 0.25) is 5.88 Å². The summed E-state index contributed by atoms with van der Waals surface area (Å²) in [4.78, 5) is 12.4. The van der Waals surface area contributed by atoms with E-state index in [2.05, 4.69) is 6.07 Å². The smallest absolute Gasteiger partial charge is 0.338 e. The number of benzene rings is 1. The molecule has 1 heterocycles. The van der Waals surface area contributed by atoms with Gasteiger partial charge in [-0.2, -0.15) is 10.5 Å². The van der Waals surface area contributed by atoms with E-state index in [0.29, 0.717) is 36.5 Å². The lowest BCUT2D eigenvalue weighted by molar-refractivity contribution is -0.139. The fourth-order valence-corrected chi connectivity index (χ4v) is 2.79. The Morgan fingerprint density at radius 3 is 2.59 bits per heavy atom. The molecule has 2 rings (SSSR count). The molecule has 27 heavy (non-hydrogen) atoms. The Bertz CT molecular complexity index is 841. The zero-order valence-electron chi connectivity index (χ0n) is 15.3. The minimum atomic E-state index is -0.671. The quantitative estimate of drug-likeness (QED) is 0.581. The second-order valence-electron chi connectivity index (χ2n) is 5.79. The number of esters is 1. The van der Waals surface area contributed by atoms with Gasteiger partial charge in [-0.25, -0.2) is 4.79 Å². The van der Waals surface area contributed by atoms with Crippen LogP contribution in [0.4, 0.5) is 0 Å². The van der Waals surface area contributed by atoms with Gasteiger partial charge in [-0.15, -0.1) is 0 Å². The van der Waals surface area contributed by atoms with E-state index in [9.17, 15) is 10.1 Å². The maximum absolute atomic E-state index is 12.4. The van der Waals surface area contributed by atoms with Gasteiger partial charge in [-0.1, -0.05) is 12.1 Å². The van der Waals surface area contributed by atoms with Crippen molar-refractivity contribution in [3.05, 3.63) is 52.6 Å². The van der Waals surface area contributed by atoms with Crippen molar-refractivity contribution in [2.45, 2.75) is 32.6 Å². The molecule has 1 aromatic rings. The van der Waals surface area contributed by atoms with Crippen molar-refractivity contribution in [2.75, 3.05) is 13.2 Å². The number of hydrogen-bond donors (Lipinski definition) is 1. The minimum Gasteiger partial charge on any atom is -0.494 e. The van der Waals surface area contributed by atoms with Crippen LogP contribution < -0.4 is 10.5 Å². The molecule has 0 bridgehead atoms. The Hall–Kier alpha value is -3.45. The van der Waals surface area contributed by atoms with Crippen molar-refractivity contribution >= 4 is 5.97 Å². The first-order valence-electron chi connectivity index (χ1n) is 8.58. The molecule has 0 saturated heterocycles. The molecule has 0 saturated carbocycles. The van der Waals surface area contributed by atoms with Gasteiger partial charge in [-0.3, -0.25) is 0 Å². The fraction of sp³-hybridized carbons (Fsp3) is 0.350. The molecule has 140 valence electrons. The van der Waals surface area contributed by atoms with Crippen molar-refractivity contribution < 1.29 is 19.0 Å². The molecule has 1 aliphatic rings. The molecule has 0 aliphatic carbocycles. The normalized spacial score (nSPS) is 16.2. The summed E-state index contributed by atoms with van der Waals surface area (Å²) in [5.41, 5.74) is 6.98. The molecule has 0 aromatic heterocycles. The van der Waals surface area contributed by atoms with E-state index in [-0.39, 0.29) is 23.6 Å². The number of nitriles is 2. The molecular formula is C20H21N3O4. The summed E-state index contributed by atoms with van der Waals surface area (Å²) in [5.74, 6) is -0.290. The fourth-order valence-electron chi connectivity index (χ4n) is 2.79. The summed E-state index contributed by atoms with van der Waals surface area (Å²) < 4.78 is 16.1. The number of allylic oxidation sites excluding steroid dienone is 2. The third-order valence-electron chi connectivity index (χ3n) is 4.02. The zero-order valence-corrected chi connectivity index (χ0v) is 15.3. The van der Waals surface area contributed by atoms with E-state index in [4.69, 9.17) is 25.2 Å². The van der Waals surface area contributed by atoms with Crippen LogP contribution in [0, 0.1) is 22.7 Å². The van der Waals surface area contributed by atoms with Crippen LogP contribution in [-0.4, -0.2) is 19.2 Å². The Labute approximate surface area is 158 Å². The second-order valence-corrected chi connectivity index (χ2v) is 5.79. The molecule has 0 fully saturated rings. The first kappa shape index (κ1) is 19.9. The zero-order chi connectivity index (χ0) is 19.8. The van der Waals surface area contributed by atoms with Crippen LogP contribution in [0.1, 0.15) is 38.2 Å². The maximum atomic E-state index is 12.4. The van der Waals surface area contributed by atoms with Crippen molar-refractivity contribution in [1.82, 2.24) is 0 Å². The molecule has 1 aliphatic heterocycles. The van der Waals surface area contributed by atoms with Gasteiger partial charge in [0.1, 0.15) is 23.2 Å². The first-order valence-corrected chi connectivity index (χ1v) is 8.58. The van der Waals surface area contributed by atoms with Gasteiger partial charge in [0.05, 0.1) is 30.8 Å². The van der Waals surface area contributed by atoms with Crippen LogP contribution in [0.2, 0.25) is 0 Å². The number of carbonyl (C=O) groups excluding carboxylic acids is 1. The molecule has 1 aromatic carbocycles. The second kappa shape index (κ2) is 9.30. The van der Waals surface area contributed by atoms with Gasteiger partial charge in [0.25, 0.3) is 0 Å². The van der Waals surface area contributed by atoms with E-state index >= 15 is 0 Å². The van der Waals surface area contributed by atoms with Crippen LogP contribution in [-0.2, 0) is 14.3 Å². The third-order valence-corrected chi connectivity index (χ3v) is 4.02. The largest absolute Gasteiger partial charge is 0.494 e. The maximum Gasteiger partial charge on any atom is 0.338 e. The predicted octanol–water partition coefficient (Wildman–Crippen LogP) is 3.01. The Morgan fingerprint density at radius 2 is 2.00 bits per heavy atom. The predicted molar refractivity (Wildman–Crippen MR) is 96.8 cm³/mol. The molecular weight excluding hydrogens is 346 g/mol. The number of unbranched alkanes of at least 4 members (excludes halogenated alkanes) is 1. The van der Waals surface area contributed by atoms with E-state index in [1.165, 1.54) is 0 Å². The highest BCUT2D eigenvalue weighted by molar-refractivity contribution is 5.92. The lowest BCUT2D eigenvalue weighted by Crippen LogP contribution is -2.25. The molecule has 1 unspecified atom stereocenters. The number of hydrogen-bond acceptors (Lipinski definition) is 7. The van der Waals surface area contributed by atoms with Gasteiger partial charge in [0, 0.05) is 6.42 Å². The van der Waals surface area contributed by atoms with Gasteiger partial charge >= 0.3 is 5.97 Å². The Balaban J connectivity index is 2.33. The van der Waals surface area contributed by atoms with Gasteiger partial charge < -0.3 is 19.9 Å². The van der Waals surface area contributed by atoms with Crippen LogP contribution in [0.25, 0.3) is 0 Å². The van der Waals surface area contributed by atoms with Gasteiger partial charge in [-0.05, 0) is 38.0 Å². The third kappa shape index (κ3) is 4.59. The summed E-state index contributed by atoms with van der Waals surface area (Å²) in [6.07, 6.45) is 1.08. The molecule has 1 atom stereocenters. The molecule has 0 spiro atoms. The van der Waals surface area contributed by atoms with Crippen molar-refractivity contribution in [3.63, 3.8) is 0 Å². The number of ether oxygens (including phenoxy) is 3. The van der Waals surface area contributed by atoms with Crippen LogP contribution in [0.15, 0.2) is 47.1 Å². The van der Waals surface area contributed by atoms with E-state index in [0.717, 1.165) is 0 Å². The number of rotatable bonds is 7. The molecule has 0 radical (unpaired) electrons. The lowest BCUT2D eigenvalue weighted by Gasteiger charge is -2.26. The average molecular weight is 367 g/mol. The topological polar surface area (TPSA) is 118 Å². The molecule has 2 N–H and O–H groups in total. The number of carbonyl (C=O) groups is 1. The summed E-state index contributed by atoms with van der Waals surface area (Å²) in [6, 6.07) is 11.1. The number of nitrogens with two attached hydrogens (primary N) is 1. The summed E-state index contributed by atoms with van der Waals surface area (Å²) in [6.45, 7) is 3.97. The van der Waals surface area contributed by atoms with Crippen LogP contribution in [0.3, 0.4) is 0 Å². The highest BCUT2D eigenvalue weighted by Gasteiger charge is 2.36. The summed E-state index contributed by atoms with van der Waals surface area (Å²) in [5, 5.41) is 18.1. The van der Waals surface area contributed by atoms with Crippen LogP contribution in [0.5, 0.6) is 5.75 Å². The highest BCUT2D eigenvalue weighted by Crippen LogP contribution is 2.39. The van der Waals surface area contributed by atoms with Crippen molar-refractivity contribution in [3.8, 4) is 17.9 Å². The van der Waals surface area contributed by atoms with Gasteiger partial charge in [0.15, 0.2) is 0 Å². The molecule has 7 nitrogen and oxygen atoms in total. The summed E-state index contributed by atoms with van der Waals surface area (Å²) in [7, 11) is 0. The van der Waals surface area contributed by atoms with E-state index < -0.39 is 11.9 Å². The standard InChI is InChI=1S/C20H21N3O4/c1-3-25-20(24)17-13(2)27-19(23)16(12-22)18(17)14-6-8-15(9-7-14)26-11-5-4-10-21/h6-9,18H,3-5,11,23H2,1-2H3. The minimum absolute atomic E-state index is 0.0233. The SMILES string of the molecule is CCOC(=O)C1=C(C)OC(N)=C(C#N)C1c1ccc(OCCCC#N)cc1. The Kier molecular flexibility index (Phi) is 6.85. The van der Waals surface area contributed by atoms with Crippen molar-refractivity contribution in [1.29, 1.82) is 10.5 Å². The lowest BCUT2D eigenvalue weighted by atomic mass is 9.83. The highest BCUT2D eigenvalue weighted by atomic mass is 16.5. The van der Waals surface area contributed by atoms with E-state index in [1.807, 2.05) is 6.07 Å². The average Bonchev–Trinajstić information content (AvgIpc) is 2.65. The van der Waals surface area contributed by atoms with Crippen molar-refractivity contribution in [2.24, 2.45) is 5.73 Å². The molecule has 0 amide bonds. The monoisotopic (exact) mass is 367 g/mol. The first-order chi connectivity index (χ1) is 13.0. The van der Waals surface area contributed by atoms with Crippen LogP contribution >= 0.6 is 0 Å². The number of nitrogens with zero attached hydrogens (tertiary/aromatic N) is 2. The Morgan fingerprint density at radius 1 is 1.30 bits per heavy atom. The summed E-state index contributed by atoms with van der Waals surface area (Å²) >= 11 is 0. The molecule has 7 heteroatoms. The van der Waals surface area contributed by atoms with E-state index in [1.54, 1.807) is 38.1 Å².